The summed E-state index contributed by atoms with van der Waals surface area (Å²) in [5.74, 6) is 0.808. The van der Waals surface area contributed by atoms with Crippen molar-refractivity contribution in [1.29, 1.82) is 0 Å². The molecular formula is C15H21BrN2O3. The Morgan fingerprint density at radius 3 is 3.00 bits per heavy atom. The second-order valence-electron chi connectivity index (χ2n) is 5.16. The summed E-state index contributed by atoms with van der Waals surface area (Å²) in [6.45, 7) is 3.76. The number of halogens is 1. The lowest BCUT2D eigenvalue weighted by molar-refractivity contribution is -0.138. The molecule has 1 amide bonds. The number of morpholine rings is 1. The minimum atomic E-state index is -0.290. The van der Waals surface area contributed by atoms with Crippen LogP contribution in [-0.4, -0.2) is 50.3 Å². The number of likely N-dealkylation sites (N-methyl/N-ethyl adjacent to an activating group) is 1. The van der Waals surface area contributed by atoms with Crippen LogP contribution in [0, 0.1) is 0 Å². The van der Waals surface area contributed by atoms with E-state index in [4.69, 9.17) is 9.47 Å². The number of carbonyl (C=O) groups excluding carboxylic acids is 1. The number of rotatable bonds is 4. The molecular weight excluding hydrogens is 336 g/mol. The second kappa shape index (κ2) is 7.24. The molecule has 2 atom stereocenters. The predicted molar refractivity (Wildman–Crippen MR) is 84.4 cm³/mol. The van der Waals surface area contributed by atoms with Gasteiger partial charge < -0.3 is 19.7 Å². The van der Waals surface area contributed by atoms with Gasteiger partial charge in [-0.05, 0) is 25.1 Å². The van der Waals surface area contributed by atoms with Crippen molar-refractivity contribution in [2.75, 3.05) is 27.3 Å². The molecule has 1 aromatic carbocycles. The van der Waals surface area contributed by atoms with E-state index in [0.29, 0.717) is 19.7 Å². The fourth-order valence-corrected chi connectivity index (χ4v) is 2.86. The summed E-state index contributed by atoms with van der Waals surface area (Å²) in [7, 11) is 3.43. The number of benzene rings is 1. The largest absolute Gasteiger partial charge is 0.496 e. The second-order valence-corrected chi connectivity index (χ2v) is 6.07. The Balaban J connectivity index is 2.08. The van der Waals surface area contributed by atoms with Crippen molar-refractivity contribution in [3.05, 3.63) is 28.2 Å². The van der Waals surface area contributed by atoms with Gasteiger partial charge in [-0.1, -0.05) is 15.9 Å². The molecule has 5 nitrogen and oxygen atoms in total. The quantitative estimate of drug-likeness (QED) is 0.893. The summed E-state index contributed by atoms with van der Waals surface area (Å²) in [6.07, 6.45) is -0.113. The van der Waals surface area contributed by atoms with Crippen molar-refractivity contribution in [3.8, 4) is 5.75 Å². The van der Waals surface area contributed by atoms with Gasteiger partial charge in [0.2, 0.25) is 5.91 Å². The summed E-state index contributed by atoms with van der Waals surface area (Å²) in [5.41, 5.74) is 0.965. The van der Waals surface area contributed by atoms with E-state index >= 15 is 0 Å². The topological polar surface area (TPSA) is 50.8 Å². The van der Waals surface area contributed by atoms with E-state index in [1.54, 1.807) is 19.1 Å². The molecule has 0 aromatic heterocycles. The van der Waals surface area contributed by atoms with Gasteiger partial charge in [0, 0.05) is 30.2 Å². The van der Waals surface area contributed by atoms with Gasteiger partial charge in [0.25, 0.3) is 0 Å². The molecule has 1 N–H and O–H groups in total. The van der Waals surface area contributed by atoms with Crippen LogP contribution in [0.15, 0.2) is 22.7 Å². The lowest BCUT2D eigenvalue weighted by atomic mass is 10.1. The lowest BCUT2D eigenvalue weighted by Crippen LogP contribution is -2.55. The maximum absolute atomic E-state index is 12.5. The van der Waals surface area contributed by atoms with Crippen LogP contribution in [0.2, 0.25) is 0 Å². The zero-order chi connectivity index (χ0) is 15.4. The number of hydrogen-bond donors (Lipinski definition) is 1. The molecule has 0 radical (unpaired) electrons. The number of nitrogens with one attached hydrogen (secondary N) is 1. The average molecular weight is 357 g/mol. The minimum Gasteiger partial charge on any atom is -0.496 e. The highest BCUT2D eigenvalue weighted by molar-refractivity contribution is 9.10. The maximum atomic E-state index is 12.5. The molecule has 1 aliphatic heterocycles. The van der Waals surface area contributed by atoms with E-state index in [1.165, 1.54) is 0 Å². The van der Waals surface area contributed by atoms with Crippen LogP contribution in [0.1, 0.15) is 12.5 Å². The van der Waals surface area contributed by atoms with Crippen LogP contribution < -0.4 is 10.1 Å². The van der Waals surface area contributed by atoms with Crippen LogP contribution in [0.25, 0.3) is 0 Å². The molecule has 0 spiro atoms. The van der Waals surface area contributed by atoms with Gasteiger partial charge in [-0.15, -0.1) is 0 Å². The molecule has 0 unspecified atom stereocenters. The number of amides is 1. The third kappa shape index (κ3) is 3.96. The first-order valence-corrected chi connectivity index (χ1v) is 7.74. The first-order valence-electron chi connectivity index (χ1n) is 6.95. The molecule has 0 bridgehead atoms. The Labute approximate surface area is 133 Å². The Morgan fingerprint density at radius 1 is 1.57 bits per heavy atom. The van der Waals surface area contributed by atoms with Crippen molar-refractivity contribution < 1.29 is 14.3 Å². The van der Waals surface area contributed by atoms with Crippen LogP contribution >= 0.6 is 15.9 Å². The Hall–Kier alpha value is -1.11. The zero-order valence-corrected chi connectivity index (χ0v) is 14.1. The number of methoxy groups -OCH3 is 1. The smallest absolute Gasteiger partial charge is 0.242 e. The lowest BCUT2D eigenvalue weighted by Gasteiger charge is -2.32. The molecule has 1 aromatic rings. The van der Waals surface area contributed by atoms with E-state index in [9.17, 15) is 4.79 Å². The number of nitrogens with zero attached hydrogens (tertiary/aromatic N) is 1. The minimum absolute atomic E-state index is 0.0317. The number of hydrogen-bond acceptors (Lipinski definition) is 4. The van der Waals surface area contributed by atoms with Crippen LogP contribution in [0.5, 0.6) is 5.75 Å². The molecule has 0 aliphatic carbocycles. The Bertz CT molecular complexity index is 510. The van der Waals surface area contributed by atoms with Gasteiger partial charge in [-0.3, -0.25) is 4.79 Å². The van der Waals surface area contributed by atoms with Crippen molar-refractivity contribution in [2.24, 2.45) is 0 Å². The van der Waals surface area contributed by atoms with Gasteiger partial charge in [0.05, 0.1) is 19.8 Å². The summed E-state index contributed by atoms with van der Waals surface area (Å²) in [4.78, 5) is 14.2. The zero-order valence-electron chi connectivity index (χ0n) is 12.6. The molecule has 1 fully saturated rings. The monoisotopic (exact) mass is 356 g/mol. The van der Waals surface area contributed by atoms with E-state index in [0.717, 1.165) is 15.8 Å². The maximum Gasteiger partial charge on any atom is 0.242 e. The highest BCUT2D eigenvalue weighted by atomic mass is 79.9. The predicted octanol–water partition coefficient (Wildman–Crippen LogP) is 1.79. The summed E-state index contributed by atoms with van der Waals surface area (Å²) < 4.78 is 11.8. The van der Waals surface area contributed by atoms with Gasteiger partial charge in [0.1, 0.15) is 11.8 Å². The molecule has 0 saturated carbocycles. The highest BCUT2D eigenvalue weighted by Gasteiger charge is 2.30. The van der Waals surface area contributed by atoms with E-state index in [2.05, 4.69) is 21.2 Å². The molecule has 2 rings (SSSR count). The van der Waals surface area contributed by atoms with Crippen molar-refractivity contribution >= 4 is 21.8 Å². The van der Waals surface area contributed by atoms with Crippen molar-refractivity contribution in [3.63, 3.8) is 0 Å². The van der Waals surface area contributed by atoms with Crippen molar-refractivity contribution in [1.82, 2.24) is 10.2 Å². The summed E-state index contributed by atoms with van der Waals surface area (Å²) in [6, 6.07) is 5.49. The van der Waals surface area contributed by atoms with E-state index in [1.807, 2.05) is 25.1 Å². The molecule has 116 valence electrons. The standard InChI is InChI=1S/C15H21BrN2O3/c1-10-14(17-6-7-21-10)15(19)18(2)9-11-8-12(16)4-5-13(11)20-3/h4-5,8,10,14,17H,6-7,9H2,1-3H3/t10-,14+/m1/s1. The summed E-state index contributed by atoms with van der Waals surface area (Å²) in [5, 5.41) is 3.22. The Kier molecular flexibility index (Phi) is 5.61. The number of carbonyl (C=O) groups is 1. The molecule has 1 saturated heterocycles. The van der Waals surface area contributed by atoms with Crippen molar-refractivity contribution in [2.45, 2.75) is 25.6 Å². The Morgan fingerprint density at radius 2 is 2.33 bits per heavy atom. The summed E-state index contributed by atoms with van der Waals surface area (Å²) >= 11 is 3.45. The molecule has 21 heavy (non-hydrogen) atoms. The molecule has 6 heteroatoms. The van der Waals surface area contributed by atoms with Crippen LogP contribution in [-0.2, 0) is 16.1 Å². The fraction of sp³-hybridized carbons (Fsp3) is 0.533. The fourth-order valence-electron chi connectivity index (χ4n) is 2.45. The van der Waals surface area contributed by atoms with Gasteiger partial charge in [-0.2, -0.15) is 0 Å². The van der Waals surface area contributed by atoms with Gasteiger partial charge >= 0.3 is 0 Å². The SMILES string of the molecule is COc1ccc(Br)cc1CN(C)C(=O)[C@H]1NCCO[C@@H]1C. The van der Waals surface area contributed by atoms with Crippen LogP contribution in [0.4, 0.5) is 0 Å². The molecule has 1 heterocycles. The third-order valence-corrected chi connectivity index (χ3v) is 4.10. The van der Waals surface area contributed by atoms with Crippen LogP contribution in [0.3, 0.4) is 0 Å². The first-order chi connectivity index (χ1) is 10.0. The number of ether oxygens (including phenoxy) is 2. The van der Waals surface area contributed by atoms with E-state index < -0.39 is 0 Å². The van der Waals surface area contributed by atoms with E-state index in [-0.39, 0.29) is 18.1 Å². The normalized spacial score (nSPS) is 21.9. The highest BCUT2D eigenvalue weighted by Crippen LogP contribution is 2.24. The third-order valence-electron chi connectivity index (χ3n) is 3.61. The first kappa shape index (κ1) is 16.3. The average Bonchev–Trinajstić information content (AvgIpc) is 2.47. The molecule has 1 aliphatic rings. The van der Waals surface area contributed by atoms with Gasteiger partial charge in [-0.25, -0.2) is 0 Å². The van der Waals surface area contributed by atoms with Gasteiger partial charge in [0.15, 0.2) is 0 Å².